The summed E-state index contributed by atoms with van der Waals surface area (Å²) in [4.78, 5) is 0. The molecule has 0 unspecified atom stereocenters. The monoisotopic (exact) mass is 304 g/mol. The highest BCUT2D eigenvalue weighted by atomic mass is 16.5. The summed E-state index contributed by atoms with van der Waals surface area (Å²) in [7, 11) is 0. The molecule has 0 aliphatic rings. The van der Waals surface area contributed by atoms with Crippen LogP contribution in [-0.4, -0.2) is 15.0 Å². The van der Waals surface area contributed by atoms with Crippen LogP contribution in [0.2, 0.25) is 0 Å². The standard InChI is InChI=1S/C18H16N4O/c1-2-14-8-10-15(11-9-14)22-18(17(12-19)20-21-22)13-23-16-6-4-3-5-7-16/h3-11H,2,13H2,1H3. The lowest BCUT2D eigenvalue weighted by atomic mass is 10.1. The molecule has 0 aliphatic carbocycles. The maximum atomic E-state index is 9.24. The normalized spacial score (nSPS) is 10.3. The molecule has 0 fully saturated rings. The van der Waals surface area contributed by atoms with E-state index in [1.54, 1.807) is 4.68 Å². The van der Waals surface area contributed by atoms with Gasteiger partial charge in [0.25, 0.3) is 0 Å². The van der Waals surface area contributed by atoms with Crippen molar-refractivity contribution in [2.75, 3.05) is 0 Å². The Morgan fingerprint density at radius 2 is 1.83 bits per heavy atom. The van der Waals surface area contributed by atoms with Crippen molar-refractivity contribution < 1.29 is 4.74 Å². The van der Waals surface area contributed by atoms with Gasteiger partial charge in [0.05, 0.1) is 5.69 Å². The summed E-state index contributed by atoms with van der Waals surface area (Å²) in [5.41, 5.74) is 3.03. The van der Waals surface area contributed by atoms with Crippen molar-refractivity contribution in [1.82, 2.24) is 15.0 Å². The van der Waals surface area contributed by atoms with E-state index in [1.807, 2.05) is 54.6 Å². The fourth-order valence-electron chi connectivity index (χ4n) is 2.27. The van der Waals surface area contributed by atoms with Crippen LogP contribution in [0, 0.1) is 11.3 Å². The van der Waals surface area contributed by atoms with Gasteiger partial charge in [-0.05, 0) is 36.2 Å². The first kappa shape index (κ1) is 14.8. The lowest BCUT2D eigenvalue weighted by Crippen LogP contribution is -2.07. The van der Waals surface area contributed by atoms with Gasteiger partial charge in [0.15, 0.2) is 5.69 Å². The second-order valence-corrected chi connectivity index (χ2v) is 5.03. The average molecular weight is 304 g/mol. The topological polar surface area (TPSA) is 63.7 Å². The van der Waals surface area contributed by atoms with Crippen molar-refractivity contribution in [2.24, 2.45) is 0 Å². The van der Waals surface area contributed by atoms with Crippen LogP contribution in [0.5, 0.6) is 5.75 Å². The van der Waals surface area contributed by atoms with Gasteiger partial charge in [0.1, 0.15) is 24.1 Å². The van der Waals surface area contributed by atoms with Gasteiger partial charge in [-0.2, -0.15) is 5.26 Å². The van der Waals surface area contributed by atoms with E-state index in [1.165, 1.54) is 5.56 Å². The minimum Gasteiger partial charge on any atom is -0.487 e. The van der Waals surface area contributed by atoms with E-state index in [9.17, 15) is 5.26 Å². The molecule has 0 spiro atoms. The molecule has 5 nitrogen and oxygen atoms in total. The summed E-state index contributed by atoms with van der Waals surface area (Å²) >= 11 is 0. The molecule has 0 aliphatic heterocycles. The quantitative estimate of drug-likeness (QED) is 0.725. The molecule has 3 aromatic rings. The van der Waals surface area contributed by atoms with Crippen molar-refractivity contribution in [1.29, 1.82) is 5.26 Å². The highest BCUT2D eigenvalue weighted by Gasteiger charge is 2.14. The molecule has 114 valence electrons. The van der Waals surface area contributed by atoms with Crippen LogP contribution in [0.3, 0.4) is 0 Å². The number of nitriles is 1. The van der Waals surface area contributed by atoms with Crippen LogP contribution in [0.1, 0.15) is 23.9 Å². The molecule has 0 amide bonds. The number of aryl methyl sites for hydroxylation is 1. The predicted molar refractivity (Wildman–Crippen MR) is 86.2 cm³/mol. The van der Waals surface area contributed by atoms with E-state index < -0.39 is 0 Å². The molecule has 0 bridgehead atoms. The van der Waals surface area contributed by atoms with Crippen molar-refractivity contribution in [3.05, 3.63) is 71.5 Å². The van der Waals surface area contributed by atoms with Gasteiger partial charge in [-0.15, -0.1) is 5.10 Å². The van der Waals surface area contributed by atoms with Crippen LogP contribution >= 0.6 is 0 Å². The molecule has 0 saturated carbocycles. The molecule has 1 aromatic heterocycles. The Morgan fingerprint density at radius 1 is 1.09 bits per heavy atom. The summed E-state index contributed by atoms with van der Waals surface area (Å²) in [5.74, 6) is 0.741. The van der Waals surface area contributed by atoms with Gasteiger partial charge in [0.2, 0.25) is 0 Å². The van der Waals surface area contributed by atoms with Crippen LogP contribution in [0.15, 0.2) is 54.6 Å². The first-order chi connectivity index (χ1) is 11.3. The van der Waals surface area contributed by atoms with Gasteiger partial charge in [-0.3, -0.25) is 0 Å². The Bertz CT molecular complexity index is 816. The van der Waals surface area contributed by atoms with Crippen LogP contribution in [0.25, 0.3) is 5.69 Å². The van der Waals surface area contributed by atoms with Crippen molar-refractivity contribution in [2.45, 2.75) is 20.0 Å². The number of nitrogens with zero attached hydrogens (tertiary/aromatic N) is 4. The largest absolute Gasteiger partial charge is 0.487 e. The number of para-hydroxylation sites is 1. The summed E-state index contributed by atoms with van der Waals surface area (Å²) in [6, 6.07) is 19.6. The molecule has 0 atom stereocenters. The zero-order chi connectivity index (χ0) is 16.1. The summed E-state index contributed by atoms with van der Waals surface area (Å²) in [6.07, 6.45) is 0.977. The molecule has 0 N–H and O–H groups in total. The zero-order valence-corrected chi connectivity index (χ0v) is 12.8. The van der Waals surface area contributed by atoms with E-state index >= 15 is 0 Å². The highest BCUT2D eigenvalue weighted by molar-refractivity contribution is 5.38. The maximum absolute atomic E-state index is 9.24. The number of aromatic nitrogens is 3. The summed E-state index contributed by atoms with van der Waals surface area (Å²) in [5, 5.41) is 17.3. The van der Waals surface area contributed by atoms with Crippen LogP contribution < -0.4 is 4.74 Å². The van der Waals surface area contributed by atoms with Gasteiger partial charge >= 0.3 is 0 Å². The molecule has 5 heteroatoms. The number of hydrogen-bond acceptors (Lipinski definition) is 4. The third kappa shape index (κ3) is 3.22. The summed E-state index contributed by atoms with van der Waals surface area (Å²) < 4.78 is 7.40. The number of ether oxygens (including phenoxy) is 1. The second kappa shape index (κ2) is 6.75. The zero-order valence-electron chi connectivity index (χ0n) is 12.8. The van der Waals surface area contributed by atoms with Gasteiger partial charge < -0.3 is 4.74 Å². The maximum Gasteiger partial charge on any atom is 0.189 e. The van der Waals surface area contributed by atoms with Gasteiger partial charge in [-0.25, -0.2) is 4.68 Å². The van der Waals surface area contributed by atoms with E-state index in [0.717, 1.165) is 17.9 Å². The highest BCUT2D eigenvalue weighted by Crippen LogP contribution is 2.17. The Hall–Kier alpha value is -3.13. The lowest BCUT2D eigenvalue weighted by molar-refractivity contribution is 0.297. The molecule has 3 rings (SSSR count). The minimum absolute atomic E-state index is 0.232. The van der Waals surface area contributed by atoms with E-state index in [0.29, 0.717) is 5.69 Å². The molecule has 1 heterocycles. The Kier molecular flexibility index (Phi) is 4.34. The SMILES string of the molecule is CCc1ccc(-n2nnc(C#N)c2COc2ccccc2)cc1. The van der Waals surface area contributed by atoms with E-state index in [2.05, 4.69) is 23.3 Å². The molecule has 0 radical (unpaired) electrons. The smallest absolute Gasteiger partial charge is 0.189 e. The Balaban J connectivity index is 1.89. The molecule has 2 aromatic carbocycles. The first-order valence-corrected chi connectivity index (χ1v) is 7.43. The fourth-order valence-corrected chi connectivity index (χ4v) is 2.27. The Labute approximate surface area is 134 Å². The predicted octanol–water partition coefficient (Wildman–Crippen LogP) is 3.28. The van der Waals surface area contributed by atoms with E-state index in [-0.39, 0.29) is 12.3 Å². The van der Waals surface area contributed by atoms with E-state index in [4.69, 9.17) is 4.74 Å². The average Bonchev–Trinajstić information content (AvgIpc) is 3.04. The lowest BCUT2D eigenvalue weighted by Gasteiger charge is -2.09. The molecular weight excluding hydrogens is 288 g/mol. The number of benzene rings is 2. The van der Waals surface area contributed by atoms with Crippen molar-refractivity contribution in [3.8, 4) is 17.5 Å². The van der Waals surface area contributed by atoms with Gasteiger partial charge in [0, 0.05) is 0 Å². The van der Waals surface area contributed by atoms with Crippen molar-refractivity contribution >= 4 is 0 Å². The first-order valence-electron chi connectivity index (χ1n) is 7.43. The van der Waals surface area contributed by atoms with Crippen LogP contribution in [-0.2, 0) is 13.0 Å². The summed E-state index contributed by atoms with van der Waals surface area (Å²) in [6.45, 7) is 2.34. The third-order valence-electron chi connectivity index (χ3n) is 3.58. The Morgan fingerprint density at radius 3 is 2.48 bits per heavy atom. The number of rotatable bonds is 5. The molecular formula is C18H16N4O. The third-order valence-corrected chi connectivity index (χ3v) is 3.58. The van der Waals surface area contributed by atoms with Gasteiger partial charge in [-0.1, -0.05) is 42.5 Å². The fraction of sp³-hybridized carbons (Fsp3) is 0.167. The number of hydrogen-bond donors (Lipinski definition) is 0. The minimum atomic E-state index is 0.232. The molecule has 23 heavy (non-hydrogen) atoms. The van der Waals surface area contributed by atoms with Crippen molar-refractivity contribution in [3.63, 3.8) is 0 Å². The van der Waals surface area contributed by atoms with Crippen LogP contribution in [0.4, 0.5) is 0 Å². The molecule has 0 saturated heterocycles. The second-order valence-electron chi connectivity index (χ2n) is 5.03.